The number of carboxylic acid groups (broad SMARTS) is 1. The number of imide groups is 1. The zero-order valence-corrected chi connectivity index (χ0v) is 24.4. The summed E-state index contributed by atoms with van der Waals surface area (Å²) in [5.74, 6) is 0.0912. The molecule has 1 atom stereocenters. The maximum Gasteiger partial charge on any atom is 0.327 e. The molecule has 1 saturated heterocycles. The predicted octanol–water partition coefficient (Wildman–Crippen LogP) is 5.77. The number of carbonyl (C=O) groups excluding carboxylic acids is 2. The largest absolute Gasteiger partial charge is 0.491 e. The van der Waals surface area contributed by atoms with Crippen LogP contribution in [0.4, 0.5) is 4.79 Å². The molecule has 0 spiro atoms. The summed E-state index contributed by atoms with van der Waals surface area (Å²) in [6.07, 6.45) is 4.26. The molecule has 40 heavy (non-hydrogen) atoms. The van der Waals surface area contributed by atoms with Crippen LogP contribution in [-0.4, -0.2) is 71.0 Å². The first-order valence-electron chi connectivity index (χ1n) is 14.2. The van der Waals surface area contributed by atoms with Crippen LogP contribution in [0.2, 0.25) is 5.02 Å². The summed E-state index contributed by atoms with van der Waals surface area (Å²) in [4.78, 5) is 40.7. The number of nitrogens with zero attached hydrogens (tertiary/aromatic N) is 3. The van der Waals surface area contributed by atoms with Gasteiger partial charge in [0.25, 0.3) is 0 Å². The van der Waals surface area contributed by atoms with Gasteiger partial charge < -0.3 is 14.7 Å². The molecule has 0 aromatic heterocycles. The Balaban J connectivity index is 1.44. The molecule has 0 bridgehead atoms. The van der Waals surface area contributed by atoms with Gasteiger partial charge in [0.1, 0.15) is 18.9 Å². The van der Waals surface area contributed by atoms with E-state index in [0.29, 0.717) is 10.9 Å². The second-order valence-electron chi connectivity index (χ2n) is 11.1. The number of urea groups is 1. The maximum absolute atomic E-state index is 12.1. The fourth-order valence-corrected chi connectivity index (χ4v) is 6.08. The van der Waals surface area contributed by atoms with E-state index in [9.17, 15) is 19.5 Å². The van der Waals surface area contributed by atoms with Crippen molar-refractivity contribution in [1.29, 1.82) is 0 Å². The monoisotopic (exact) mass is 569 g/mol. The van der Waals surface area contributed by atoms with Gasteiger partial charge in [0.05, 0.1) is 12.5 Å². The first kappa shape index (κ1) is 29.9. The molecule has 9 heteroatoms. The number of aryl methyl sites for hydroxylation is 1. The lowest BCUT2D eigenvalue weighted by Crippen LogP contribution is -2.35. The van der Waals surface area contributed by atoms with E-state index in [0.717, 1.165) is 56.5 Å². The molecular formula is C31H40ClN3O5. The third-order valence-electron chi connectivity index (χ3n) is 8.20. The SMILES string of the molecule is CCC(c1ccc(Cl)cc1)N(Cc1ccc(OCCN2C(=O)CN(C)C2=O)c(C)c1)CC1CCC(C(=O)O)CC1. The van der Waals surface area contributed by atoms with E-state index in [1.165, 1.54) is 20.9 Å². The highest BCUT2D eigenvalue weighted by Crippen LogP contribution is 2.34. The Kier molecular flexibility index (Phi) is 10.1. The molecule has 4 rings (SSSR count). The molecule has 1 aliphatic heterocycles. The molecule has 1 saturated carbocycles. The molecule has 2 fully saturated rings. The number of aliphatic carboxylic acids is 1. The normalized spacial score (nSPS) is 20.3. The molecule has 3 amide bonds. The van der Waals surface area contributed by atoms with Crippen molar-refractivity contribution in [2.45, 2.75) is 58.5 Å². The van der Waals surface area contributed by atoms with E-state index in [2.05, 4.69) is 36.1 Å². The van der Waals surface area contributed by atoms with Gasteiger partial charge in [-0.25, -0.2) is 4.79 Å². The smallest absolute Gasteiger partial charge is 0.327 e. The molecular weight excluding hydrogens is 530 g/mol. The third-order valence-corrected chi connectivity index (χ3v) is 8.45. The zero-order valence-electron chi connectivity index (χ0n) is 23.6. The lowest BCUT2D eigenvalue weighted by Gasteiger charge is -2.36. The predicted molar refractivity (Wildman–Crippen MR) is 154 cm³/mol. The van der Waals surface area contributed by atoms with E-state index in [1.54, 1.807) is 7.05 Å². The van der Waals surface area contributed by atoms with Crippen LogP contribution >= 0.6 is 11.6 Å². The van der Waals surface area contributed by atoms with Gasteiger partial charge in [-0.05, 0) is 79.8 Å². The van der Waals surface area contributed by atoms with Crippen LogP contribution in [0.25, 0.3) is 0 Å². The second-order valence-corrected chi connectivity index (χ2v) is 11.5. The number of likely N-dealkylation sites (N-methyl/N-ethyl adjacent to an activating group) is 1. The quantitative estimate of drug-likeness (QED) is 0.327. The highest BCUT2D eigenvalue weighted by atomic mass is 35.5. The fourth-order valence-electron chi connectivity index (χ4n) is 5.96. The van der Waals surface area contributed by atoms with Gasteiger partial charge in [-0.2, -0.15) is 0 Å². The number of hydrogen-bond donors (Lipinski definition) is 1. The molecule has 2 aromatic carbocycles. The van der Waals surface area contributed by atoms with E-state index in [1.807, 2.05) is 25.1 Å². The Morgan fingerprint density at radius 3 is 2.40 bits per heavy atom. The Hall–Kier alpha value is -3.10. The minimum Gasteiger partial charge on any atom is -0.491 e. The molecule has 1 heterocycles. The van der Waals surface area contributed by atoms with Crippen LogP contribution in [-0.2, 0) is 16.1 Å². The van der Waals surface area contributed by atoms with Crippen LogP contribution in [0.3, 0.4) is 0 Å². The Labute approximate surface area is 241 Å². The van der Waals surface area contributed by atoms with Crippen molar-refractivity contribution in [3.8, 4) is 5.75 Å². The number of ether oxygens (including phenoxy) is 1. The summed E-state index contributed by atoms with van der Waals surface area (Å²) < 4.78 is 5.95. The molecule has 2 aromatic rings. The van der Waals surface area contributed by atoms with Crippen molar-refractivity contribution >= 4 is 29.5 Å². The van der Waals surface area contributed by atoms with Crippen LogP contribution in [0.1, 0.15) is 61.8 Å². The van der Waals surface area contributed by atoms with Crippen molar-refractivity contribution in [2.75, 3.05) is 33.3 Å². The zero-order chi connectivity index (χ0) is 28.8. The van der Waals surface area contributed by atoms with Gasteiger partial charge in [-0.15, -0.1) is 0 Å². The number of amides is 3. The highest BCUT2D eigenvalue weighted by molar-refractivity contribution is 6.30. The van der Waals surface area contributed by atoms with Crippen molar-refractivity contribution in [1.82, 2.24) is 14.7 Å². The lowest BCUT2D eigenvalue weighted by atomic mass is 9.81. The second kappa shape index (κ2) is 13.5. The average molecular weight is 570 g/mol. The van der Waals surface area contributed by atoms with Gasteiger partial charge >= 0.3 is 12.0 Å². The number of carboxylic acids is 1. The van der Waals surface area contributed by atoms with E-state index in [4.69, 9.17) is 16.3 Å². The number of carbonyl (C=O) groups is 3. The van der Waals surface area contributed by atoms with Crippen molar-refractivity contribution in [3.63, 3.8) is 0 Å². The van der Waals surface area contributed by atoms with Crippen molar-refractivity contribution < 1.29 is 24.2 Å². The summed E-state index contributed by atoms with van der Waals surface area (Å²) in [5, 5.41) is 10.1. The van der Waals surface area contributed by atoms with Crippen LogP contribution in [0, 0.1) is 18.8 Å². The van der Waals surface area contributed by atoms with Crippen molar-refractivity contribution in [2.24, 2.45) is 11.8 Å². The van der Waals surface area contributed by atoms with Gasteiger partial charge in [0.2, 0.25) is 5.91 Å². The Morgan fingerprint density at radius 1 is 1.12 bits per heavy atom. The van der Waals surface area contributed by atoms with Gasteiger partial charge in [-0.3, -0.25) is 19.4 Å². The van der Waals surface area contributed by atoms with E-state index in [-0.39, 0.29) is 43.6 Å². The number of benzene rings is 2. The summed E-state index contributed by atoms with van der Waals surface area (Å²) in [7, 11) is 1.62. The minimum absolute atomic E-state index is 0.110. The molecule has 1 unspecified atom stereocenters. The molecule has 1 aliphatic carbocycles. The summed E-state index contributed by atoms with van der Waals surface area (Å²) in [6, 6.07) is 14.2. The van der Waals surface area contributed by atoms with Crippen LogP contribution in [0.15, 0.2) is 42.5 Å². The number of rotatable bonds is 12. The molecule has 2 aliphatic rings. The molecule has 8 nitrogen and oxygen atoms in total. The fraction of sp³-hybridized carbons (Fsp3) is 0.516. The molecule has 1 N–H and O–H groups in total. The van der Waals surface area contributed by atoms with Gasteiger partial charge in [0.15, 0.2) is 0 Å². The molecule has 216 valence electrons. The molecule has 0 radical (unpaired) electrons. The number of halogens is 1. The van der Waals surface area contributed by atoms with E-state index < -0.39 is 5.97 Å². The summed E-state index contributed by atoms with van der Waals surface area (Å²) in [6.45, 7) is 6.43. The standard InChI is InChI=1S/C31H40ClN3O5/c1-4-27(24-10-12-26(32)13-11-24)34(18-22-5-8-25(9-6-22)30(37)38)19-23-7-14-28(21(2)17-23)40-16-15-35-29(36)20-33(3)31(35)39/h7,10-14,17,22,25,27H,4-6,8-9,15-16,18-20H2,1-3H3,(H,37,38). The van der Waals surface area contributed by atoms with Gasteiger partial charge in [-0.1, -0.05) is 42.8 Å². The first-order chi connectivity index (χ1) is 19.2. The minimum atomic E-state index is -0.674. The van der Waals surface area contributed by atoms with Crippen LogP contribution < -0.4 is 4.74 Å². The maximum atomic E-state index is 12.1. The van der Waals surface area contributed by atoms with Crippen molar-refractivity contribution in [3.05, 3.63) is 64.2 Å². The van der Waals surface area contributed by atoms with Crippen LogP contribution in [0.5, 0.6) is 5.75 Å². The Morgan fingerprint density at radius 2 is 1.82 bits per heavy atom. The van der Waals surface area contributed by atoms with Gasteiger partial charge in [0, 0.05) is 31.2 Å². The first-order valence-corrected chi connectivity index (χ1v) is 14.5. The Bertz CT molecular complexity index is 1200. The summed E-state index contributed by atoms with van der Waals surface area (Å²) in [5.41, 5.74) is 3.39. The number of hydrogen-bond acceptors (Lipinski definition) is 5. The highest BCUT2D eigenvalue weighted by Gasteiger charge is 2.33. The van der Waals surface area contributed by atoms with E-state index >= 15 is 0 Å². The summed E-state index contributed by atoms with van der Waals surface area (Å²) >= 11 is 6.18. The third kappa shape index (κ3) is 7.34. The average Bonchev–Trinajstić information content (AvgIpc) is 3.17. The lowest BCUT2D eigenvalue weighted by molar-refractivity contribution is -0.143. The topological polar surface area (TPSA) is 90.4 Å².